The summed E-state index contributed by atoms with van der Waals surface area (Å²) in [5, 5.41) is 2.42. The van der Waals surface area contributed by atoms with Gasteiger partial charge in [0.15, 0.2) is 0 Å². The zero-order chi connectivity index (χ0) is 31.6. The van der Waals surface area contributed by atoms with E-state index in [-0.39, 0.29) is 20.1 Å². The number of pyridine rings is 1. The van der Waals surface area contributed by atoms with Crippen LogP contribution in [0.15, 0.2) is 164 Å². The Bertz CT molecular complexity index is 2430. The molecule has 0 saturated heterocycles. The zero-order valence-corrected chi connectivity index (χ0v) is 28.6. The number of fused-ring (bicyclic) bond motifs is 4. The third kappa shape index (κ3) is 5.83. The van der Waals surface area contributed by atoms with Crippen LogP contribution in [0.25, 0.3) is 38.8 Å². The topological polar surface area (TPSA) is 23.8 Å². The zero-order valence-electron chi connectivity index (χ0n) is 26.2. The van der Waals surface area contributed by atoms with Crippen LogP contribution in [0.2, 0.25) is 0 Å². The van der Waals surface area contributed by atoms with Crippen LogP contribution in [0.1, 0.15) is 5.56 Å². The molecule has 0 N–H and O–H groups in total. The van der Waals surface area contributed by atoms with Crippen molar-refractivity contribution in [3.63, 3.8) is 0 Å². The second kappa shape index (κ2) is 13.6. The van der Waals surface area contributed by atoms with Gasteiger partial charge in [-0.3, -0.25) is 0 Å². The van der Waals surface area contributed by atoms with E-state index in [4.69, 9.17) is 0 Å². The van der Waals surface area contributed by atoms with Crippen molar-refractivity contribution in [3.05, 3.63) is 182 Å². The fraction of sp³-hybridized carbons (Fsp3) is 0.0233. The molecule has 2 aromatic heterocycles. The van der Waals surface area contributed by atoms with Gasteiger partial charge < -0.3 is 9.55 Å². The third-order valence-electron chi connectivity index (χ3n) is 8.32. The standard InChI is InChI=1S/C31H20N3.C12H10N.Ir/c1-3-11-23(12-4-1)32-22-33(30-18-10-9-17-29(30)32)25-19-20-27-26-15-7-8-16-28(26)34(31(27)21-25)24-13-5-2-6-14-24;1-10-7-8-12(13-9-10)11-5-3-2-4-6-11;/h1-18,20-21H;2-5,7-9H,1H3;/q+1;-1;. The molecule has 0 aliphatic carbocycles. The molecule has 0 atom stereocenters. The molecule has 0 amide bonds. The van der Waals surface area contributed by atoms with Gasteiger partial charge in [-0.05, 0) is 51.9 Å². The van der Waals surface area contributed by atoms with Crippen molar-refractivity contribution in [1.29, 1.82) is 0 Å². The fourth-order valence-electron chi connectivity index (χ4n) is 6.07. The monoisotopic (exact) mass is 795 g/mol. The minimum atomic E-state index is 0. The van der Waals surface area contributed by atoms with E-state index in [1.165, 1.54) is 21.9 Å². The van der Waals surface area contributed by atoms with Crippen molar-refractivity contribution in [2.45, 2.75) is 6.92 Å². The summed E-state index contributed by atoms with van der Waals surface area (Å²) in [6, 6.07) is 64.4. The van der Waals surface area contributed by atoms with Gasteiger partial charge in [-0.25, -0.2) is 0 Å². The van der Waals surface area contributed by atoms with Gasteiger partial charge in [0.2, 0.25) is 5.69 Å². The summed E-state index contributed by atoms with van der Waals surface area (Å²) in [5.74, 6) is 0. The molecule has 231 valence electrons. The molecule has 0 saturated carbocycles. The van der Waals surface area contributed by atoms with Crippen LogP contribution in [-0.2, 0) is 20.1 Å². The van der Waals surface area contributed by atoms with Crippen LogP contribution >= 0.6 is 0 Å². The van der Waals surface area contributed by atoms with E-state index in [0.29, 0.717) is 0 Å². The first-order chi connectivity index (χ1) is 23.2. The van der Waals surface area contributed by atoms with Gasteiger partial charge in [-0.2, -0.15) is 6.07 Å². The Kier molecular flexibility index (Phi) is 8.74. The van der Waals surface area contributed by atoms with E-state index in [1.54, 1.807) is 0 Å². The maximum Gasteiger partial charge on any atom is 0.501 e. The van der Waals surface area contributed by atoms with Crippen LogP contribution in [0.4, 0.5) is 22.7 Å². The Balaban J connectivity index is 0.000000220. The van der Waals surface area contributed by atoms with Crippen molar-refractivity contribution >= 4 is 50.6 Å². The summed E-state index contributed by atoms with van der Waals surface area (Å²) in [4.78, 5) is 4.32. The average Bonchev–Trinajstić information content (AvgIpc) is 3.69. The van der Waals surface area contributed by atoms with Crippen molar-refractivity contribution in [3.8, 4) is 16.9 Å². The number of rotatable bonds is 4. The first-order valence-corrected chi connectivity index (χ1v) is 15.7. The van der Waals surface area contributed by atoms with Gasteiger partial charge in [-0.15, -0.1) is 47.3 Å². The number of hydrogen-bond acceptors (Lipinski definition) is 1. The van der Waals surface area contributed by atoms with Crippen LogP contribution < -0.4 is 9.15 Å². The van der Waals surface area contributed by atoms with E-state index in [9.17, 15) is 0 Å². The molecule has 1 aliphatic rings. The minimum absolute atomic E-state index is 0. The third-order valence-corrected chi connectivity index (χ3v) is 8.32. The number of aromatic nitrogens is 2. The smallest absolute Gasteiger partial charge is 0.334 e. The van der Waals surface area contributed by atoms with E-state index in [0.717, 1.165) is 45.2 Å². The Morgan fingerprint density at radius 3 is 2.04 bits per heavy atom. The minimum Gasteiger partial charge on any atom is -0.334 e. The summed E-state index contributed by atoms with van der Waals surface area (Å²) in [6.45, 7) is 2.03. The van der Waals surface area contributed by atoms with Gasteiger partial charge in [0.1, 0.15) is 5.69 Å². The molecule has 48 heavy (non-hydrogen) atoms. The predicted molar refractivity (Wildman–Crippen MR) is 194 cm³/mol. The Morgan fingerprint density at radius 2 is 1.31 bits per heavy atom. The molecule has 6 aromatic carbocycles. The van der Waals surface area contributed by atoms with E-state index in [2.05, 4.69) is 158 Å². The second-order valence-corrected chi connectivity index (χ2v) is 11.4. The van der Waals surface area contributed by atoms with Crippen LogP contribution in [-0.4, -0.2) is 15.6 Å². The molecule has 5 heteroatoms. The Hall–Kier alpha value is -5.70. The molecular formula is C43H30IrN4. The van der Waals surface area contributed by atoms with E-state index < -0.39 is 0 Å². The first kappa shape index (κ1) is 30.9. The number of para-hydroxylation sites is 5. The number of aryl methyl sites for hydroxylation is 1. The van der Waals surface area contributed by atoms with Crippen LogP contribution in [0.3, 0.4) is 0 Å². The quantitative estimate of drug-likeness (QED) is 0.129. The van der Waals surface area contributed by atoms with E-state index >= 15 is 0 Å². The van der Waals surface area contributed by atoms with Crippen molar-refractivity contribution in [1.82, 2.24) is 18.7 Å². The number of nitrogens with zero attached hydrogens (tertiary/aromatic N) is 4. The molecule has 1 aliphatic heterocycles. The second-order valence-electron chi connectivity index (χ2n) is 11.4. The molecule has 3 heterocycles. The summed E-state index contributed by atoms with van der Waals surface area (Å²) < 4.78 is 6.55. The molecule has 9 rings (SSSR count). The first-order valence-electron chi connectivity index (χ1n) is 15.7. The molecule has 4 nitrogen and oxygen atoms in total. The van der Waals surface area contributed by atoms with E-state index in [1.807, 2.05) is 49.5 Å². The number of benzene rings is 6. The van der Waals surface area contributed by atoms with Gasteiger partial charge in [-0.1, -0.05) is 89.5 Å². The van der Waals surface area contributed by atoms with Crippen LogP contribution in [0, 0.1) is 19.1 Å². The van der Waals surface area contributed by atoms with Gasteiger partial charge in [0.05, 0.1) is 0 Å². The summed E-state index contributed by atoms with van der Waals surface area (Å²) in [7, 11) is 0. The van der Waals surface area contributed by atoms with Gasteiger partial charge >= 0.3 is 6.01 Å². The molecule has 0 bridgehead atoms. The predicted octanol–water partition coefficient (Wildman–Crippen LogP) is 10.3. The normalized spacial score (nSPS) is 11.6. The number of hydrogen-bond donors (Lipinski definition) is 0. The van der Waals surface area contributed by atoms with Crippen molar-refractivity contribution in [2.75, 3.05) is 0 Å². The van der Waals surface area contributed by atoms with Gasteiger partial charge in [0.25, 0.3) is 11.4 Å². The average molecular weight is 795 g/mol. The molecular weight excluding hydrogens is 765 g/mol. The maximum atomic E-state index is 4.32. The summed E-state index contributed by atoms with van der Waals surface area (Å²) in [6.07, 6.45) is 1.87. The molecule has 1 radical (unpaired) electrons. The Labute approximate surface area is 293 Å². The molecule has 0 spiro atoms. The SMILES string of the molecule is C1=[N+](c2[c-]cc3c4ccccc4n(-c4ccccc4)c3c2)c2ccccc2[N+]=1c1ccccc1.Cc1ccc(-c2[c-]cccc2)nc1.[Ir]. The fourth-order valence-corrected chi connectivity index (χ4v) is 6.07. The summed E-state index contributed by atoms with van der Waals surface area (Å²) in [5.41, 5.74) is 10.9. The van der Waals surface area contributed by atoms with Crippen LogP contribution in [0.5, 0.6) is 0 Å². The van der Waals surface area contributed by atoms with Crippen molar-refractivity contribution in [2.24, 2.45) is 0 Å². The Morgan fingerprint density at radius 1 is 0.625 bits per heavy atom. The van der Waals surface area contributed by atoms with Crippen molar-refractivity contribution < 1.29 is 20.1 Å². The molecule has 8 aromatic rings. The van der Waals surface area contributed by atoms with Gasteiger partial charge in [0, 0.05) is 61.8 Å². The molecule has 0 unspecified atom stereocenters. The summed E-state index contributed by atoms with van der Waals surface area (Å²) >= 11 is 0. The largest absolute Gasteiger partial charge is 0.501 e. The molecule has 0 fully saturated rings. The maximum absolute atomic E-state index is 4.32.